The normalized spacial score (nSPS) is 11.0. The van der Waals surface area contributed by atoms with Gasteiger partial charge in [0.05, 0.1) is 18.4 Å². The number of benzene rings is 2. The third-order valence-corrected chi connectivity index (χ3v) is 4.05. The summed E-state index contributed by atoms with van der Waals surface area (Å²) in [5.41, 5.74) is -0.979. The highest BCUT2D eigenvalue weighted by Gasteiger charge is 2.37. The fraction of sp³-hybridized carbons (Fsp3) is 0.150. The highest BCUT2D eigenvalue weighted by Crippen LogP contribution is 2.38. The number of halogens is 3. The molecule has 0 aliphatic carbocycles. The number of nitrogens with zero attached hydrogens (tertiary/aromatic N) is 2. The molecule has 0 aliphatic heterocycles. The maximum Gasteiger partial charge on any atom is 0.423 e. The number of carbonyl (C=O) groups excluding carboxylic acids is 1. The molecule has 31 heavy (non-hydrogen) atoms. The van der Waals surface area contributed by atoms with Crippen LogP contribution in [0.3, 0.4) is 0 Å². The molecule has 0 saturated carbocycles. The third kappa shape index (κ3) is 4.94. The Kier molecular flexibility index (Phi) is 6.14. The molecule has 0 aliphatic rings. The van der Waals surface area contributed by atoms with Gasteiger partial charge in [0.25, 0.3) is 5.91 Å². The zero-order chi connectivity index (χ0) is 22.6. The van der Waals surface area contributed by atoms with E-state index in [2.05, 4.69) is 20.6 Å². The average molecular weight is 434 g/mol. The SMILES string of the molecule is CNC(=O)c1ccccc1Oc1nc(Nc2cc(O)ccc2OC)ncc1C(F)(F)F. The lowest BCUT2D eigenvalue weighted by Crippen LogP contribution is -2.19. The minimum absolute atomic E-state index is 0.0286. The largest absolute Gasteiger partial charge is 0.508 e. The minimum Gasteiger partial charge on any atom is -0.508 e. The number of anilines is 2. The fourth-order valence-corrected chi connectivity index (χ4v) is 2.59. The van der Waals surface area contributed by atoms with Crippen molar-refractivity contribution in [1.82, 2.24) is 15.3 Å². The number of carbonyl (C=O) groups is 1. The number of phenols is 1. The number of amides is 1. The van der Waals surface area contributed by atoms with Crippen LogP contribution in [0, 0.1) is 0 Å². The first-order valence-electron chi connectivity index (χ1n) is 8.80. The zero-order valence-corrected chi connectivity index (χ0v) is 16.3. The fourth-order valence-electron chi connectivity index (χ4n) is 2.59. The van der Waals surface area contributed by atoms with Crippen LogP contribution >= 0.6 is 0 Å². The summed E-state index contributed by atoms with van der Waals surface area (Å²) in [6, 6.07) is 9.93. The Morgan fingerprint density at radius 2 is 1.87 bits per heavy atom. The van der Waals surface area contributed by atoms with E-state index in [4.69, 9.17) is 9.47 Å². The Morgan fingerprint density at radius 1 is 1.13 bits per heavy atom. The van der Waals surface area contributed by atoms with E-state index in [-0.39, 0.29) is 28.7 Å². The van der Waals surface area contributed by atoms with E-state index < -0.39 is 23.5 Å². The molecule has 0 spiro atoms. The Bertz CT molecular complexity index is 1110. The van der Waals surface area contributed by atoms with E-state index in [0.717, 1.165) is 0 Å². The quantitative estimate of drug-likeness (QED) is 0.536. The number of hydrogen-bond donors (Lipinski definition) is 3. The van der Waals surface area contributed by atoms with Gasteiger partial charge in [0.1, 0.15) is 22.8 Å². The number of rotatable bonds is 6. The molecule has 0 unspecified atom stereocenters. The second kappa shape index (κ2) is 8.78. The number of alkyl halides is 3. The Morgan fingerprint density at radius 3 is 2.55 bits per heavy atom. The number of aromatic nitrogens is 2. The Balaban J connectivity index is 2.04. The van der Waals surface area contributed by atoms with E-state index in [1.807, 2.05) is 0 Å². The van der Waals surface area contributed by atoms with Crippen LogP contribution in [-0.4, -0.2) is 35.1 Å². The van der Waals surface area contributed by atoms with Gasteiger partial charge in [-0.1, -0.05) is 12.1 Å². The lowest BCUT2D eigenvalue weighted by molar-refractivity contribution is -0.139. The van der Waals surface area contributed by atoms with Crippen LogP contribution in [0.2, 0.25) is 0 Å². The molecule has 1 amide bonds. The van der Waals surface area contributed by atoms with Gasteiger partial charge in [-0.2, -0.15) is 18.2 Å². The number of aromatic hydroxyl groups is 1. The van der Waals surface area contributed by atoms with E-state index in [0.29, 0.717) is 11.9 Å². The number of hydrogen-bond acceptors (Lipinski definition) is 7. The summed E-state index contributed by atoms with van der Waals surface area (Å²) >= 11 is 0. The second-order valence-electron chi connectivity index (χ2n) is 6.10. The molecular weight excluding hydrogens is 417 g/mol. The first kappa shape index (κ1) is 21.7. The van der Waals surface area contributed by atoms with Crippen LogP contribution in [0.1, 0.15) is 15.9 Å². The summed E-state index contributed by atoms with van der Waals surface area (Å²) in [6.07, 6.45) is -4.25. The zero-order valence-electron chi connectivity index (χ0n) is 16.3. The van der Waals surface area contributed by atoms with Gasteiger partial charge in [0.15, 0.2) is 0 Å². The highest BCUT2D eigenvalue weighted by atomic mass is 19.4. The summed E-state index contributed by atoms with van der Waals surface area (Å²) in [5.74, 6) is -1.52. The summed E-state index contributed by atoms with van der Waals surface area (Å²) in [7, 11) is 2.77. The van der Waals surface area contributed by atoms with Crippen molar-refractivity contribution in [2.45, 2.75) is 6.18 Å². The predicted molar refractivity (Wildman–Crippen MR) is 105 cm³/mol. The van der Waals surface area contributed by atoms with Crippen molar-refractivity contribution in [3.05, 3.63) is 59.8 Å². The van der Waals surface area contributed by atoms with Gasteiger partial charge in [0, 0.05) is 19.3 Å². The van der Waals surface area contributed by atoms with Crippen molar-refractivity contribution in [2.75, 3.05) is 19.5 Å². The molecule has 1 aromatic heterocycles. The molecule has 0 radical (unpaired) electrons. The molecule has 2 aromatic carbocycles. The van der Waals surface area contributed by atoms with Crippen molar-refractivity contribution in [3.63, 3.8) is 0 Å². The van der Waals surface area contributed by atoms with Crippen LogP contribution in [0.4, 0.5) is 24.8 Å². The van der Waals surface area contributed by atoms with E-state index in [1.165, 1.54) is 50.6 Å². The summed E-state index contributed by atoms with van der Waals surface area (Å²) in [4.78, 5) is 19.5. The van der Waals surface area contributed by atoms with Gasteiger partial charge in [-0.15, -0.1) is 0 Å². The standard InChI is InChI=1S/C20H17F3N4O4/c1-24-17(29)12-5-3-4-6-15(12)31-18-13(20(21,22)23)10-25-19(27-18)26-14-9-11(28)7-8-16(14)30-2/h3-10,28H,1-2H3,(H,24,29)(H,25,26,27). The molecule has 0 fully saturated rings. The maximum absolute atomic E-state index is 13.5. The first-order chi connectivity index (χ1) is 14.7. The lowest BCUT2D eigenvalue weighted by atomic mass is 10.2. The molecule has 0 bridgehead atoms. The van der Waals surface area contributed by atoms with Crippen molar-refractivity contribution in [2.24, 2.45) is 0 Å². The van der Waals surface area contributed by atoms with Gasteiger partial charge in [-0.3, -0.25) is 4.79 Å². The van der Waals surface area contributed by atoms with Gasteiger partial charge in [-0.25, -0.2) is 4.98 Å². The topological polar surface area (TPSA) is 106 Å². The molecule has 3 N–H and O–H groups in total. The number of methoxy groups -OCH3 is 1. The minimum atomic E-state index is -4.81. The smallest absolute Gasteiger partial charge is 0.423 e. The van der Waals surface area contributed by atoms with Gasteiger partial charge >= 0.3 is 6.18 Å². The Labute approximate surface area is 174 Å². The number of phenolic OH excluding ortho intramolecular Hbond substituents is 1. The van der Waals surface area contributed by atoms with Crippen molar-refractivity contribution < 1.29 is 32.5 Å². The number of para-hydroxylation sites is 1. The molecule has 162 valence electrons. The molecule has 11 heteroatoms. The Hall–Kier alpha value is -4.02. The number of nitrogens with one attached hydrogen (secondary N) is 2. The average Bonchev–Trinajstić information content (AvgIpc) is 2.73. The number of ether oxygens (including phenoxy) is 2. The molecule has 3 rings (SSSR count). The van der Waals surface area contributed by atoms with Crippen molar-refractivity contribution in [3.8, 4) is 23.1 Å². The third-order valence-electron chi connectivity index (χ3n) is 4.05. The van der Waals surface area contributed by atoms with Crippen molar-refractivity contribution >= 4 is 17.5 Å². The van der Waals surface area contributed by atoms with Crippen LogP contribution in [-0.2, 0) is 6.18 Å². The van der Waals surface area contributed by atoms with E-state index in [9.17, 15) is 23.1 Å². The summed E-state index contributed by atoms with van der Waals surface area (Å²) in [6.45, 7) is 0. The summed E-state index contributed by atoms with van der Waals surface area (Å²) < 4.78 is 51.0. The second-order valence-corrected chi connectivity index (χ2v) is 6.10. The molecule has 8 nitrogen and oxygen atoms in total. The molecular formula is C20H17F3N4O4. The molecule has 1 heterocycles. The van der Waals surface area contributed by atoms with Crippen LogP contribution in [0.15, 0.2) is 48.7 Å². The van der Waals surface area contributed by atoms with E-state index in [1.54, 1.807) is 6.07 Å². The molecule has 0 atom stereocenters. The van der Waals surface area contributed by atoms with Gasteiger partial charge < -0.3 is 25.2 Å². The molecule has 0 saturated heterocycles. The summed E-state index contributed by atoms with van der Waals surface area (Å²) in [5, 5.41) is 14.7. The van der Waals surface area contributed by atoms with Gasteiger partial charge in [0.2, 0.25) is 11.8 Å². The van der Waals surface area contributed by atoms with Crippen LogP contribution in [0.25, 0.3) is 0 Å². The van der Waals surface area contributed by atoms with Crippen molar-refractivity contribution in [1.29, 1.82) is 0 Å². The van der Waals surface area contributed by atoms with Crippen LogP contribution in [0.5, 0.6) is 23.1 Å². The highest BCUT2D eigenvalue weighted by molar-refractivity contribution is 5.96. The maximum atomic E-state index is 13.5. The molecule has 3 aromatic rings. The van der Waals surface area contributed by atoms with Crippen LogP contribution < -0.4 is 20.1 Å². The first-order valence-corrected chi connectivity index (χ1v) is 8.80. The van der Waals surface area contributed by atoms with Gasteiger partial charge in [-0.05, 0) is 24.3 Å². The predicted octanol–water partition coefficient (Wildman–Crippen LogP) is 4.11. The van der Waals surface area contributed by atoms with E-state index >= 15 is 0 Å². The monoisotopic (exact) mass is 434 g/mol. The lowest BCUT2D eigenvalue weighted by Gasteiger charge is -2.16.